The Morgan fingerprint density at radius 2 is 1.94 bits per heavy atom. The zero-order valence-corrected chi connectivity index (χ0v) is 10.4. The molecule has 0 aliphatic heterocycles. The molecule has 1 aromatic heterocycles. The summed E-state index contributed by atoms with van der Waals surface area (Å²) < 4.78 is 37.9. The third-order valence-corrected chi connectivity index (χ3v) is 3.17. The highest BCUT2D eigenvalue weighted by molar-refractivity contribution is 9.10. The van der Waals surface area contributed by atoms with E-state index in [0.29, 0.717) is 10.5 Å². The molecule has 0 unspecified atom stereocenters. The van der Waals surface area contributed by atoms with Crippen LogP contribution in [0, 0.1) is 0 Å². The number of benzene rings is 1. The summed E-state index contributed by atoms with van der Waals surface area (Å²) in [6.45, 7) is 0. The molecule has 0 spiro atoms. The molecule has 0 saturated carbocycles. The summed E-state index contributed by atoms with van der Waals surface area (Å²) >= 11 is 8.86. The van der Waals surface area contributed by atoms with E-state index in [1.807, 2.05) is 0 Å². The van der Waals surface area contributed by atoms with Crippen molar-refractivity contribution >= 4 is 38.4 Å². The van der Waals surface area contributed by atoms with Crippen LogP contribution in [0.1, 0.15) is 5.69 Å². The fraction of sp³-hybridized carbons (Fsp3) is 0.100. The minimum Gasteiger partial charge on any atom is -0.350 e. The molecule has 7 heteroatoms. The molecule has 0 saturated heterocycles. The van der Waals surface area contributed by atoms with Crippen LogP contribution < -0.4 is 5.43 Å². The highest BCUT2D eigenvalue weighted by atomic mass is 79.9. The molecule has 2 rings (SSSR count). The van der Waals surface area contributed by atoms with Gasteiger partial charge in [-0.1, -0.05) is 11.6 Å². The maximum Gasteiger partial charge on any atom is 0.431 e. The zero-order valence-electron chi connectivity index (χ0n) is 8.03. The second-order valence-corrected chi connectivity index (χ2v) is 4.59. The van der Waals surface area contributed by atoms with Crippen molar-refractivity contribution in [3.8, 4) is 0 Å². The Balaban J connectivity index is 2.92. The lowest BCUT2D eigenvalue weighted by atomic mass is 10.2. The van der Waals surface area contributed by atoms with Crippen molar-refractivity contribution in [3.05, 3.63) is 43.6 Å². The summed E-state index contributed by atoms with van der Waals surface area (Å²) in [5.41, 5.74) is -1.88. The van der Waals surface area contributed by atoms with Crippen LogP contribution in [0.5, 0.6) is 0 Å². The van der Waals surface area contributed by atoms with Gasteiger partial charge in [0.1, 0.15) is 5.69 Å². The molecule has 0 fully saturated rings. The SMILES string of the molecule is O=c1cc(C(F)(F)F)[nH]c2c(Cl)ccc(Br)c12. The number of rotatable bonds is 0. The molecule has 0 bridgehead atoms. The van der Waals surface area contributed by atoms with Gasteiger partial charge in [-0.15, -0.1) is 0 Å². The molecular weight excluding hydrogens is 322 g/mol. The third kappa shape index (κ3) is 2.19. The Bertz CT molecular complexity index is 650. The van der Waals surface area contributed by atoms with Gasteiger partial charge in [-0.2, -0.15) is 13.2 Å². The lowest BCUT2D eigenvalue weighted by Crippen LogP contribution is -2.14. The molecule has 0 amide bonds. The van der Waals surface area contributed by atoms with Crippen LogP contribution in [0.25, 0.3) is 10.9 Å². The van der Waals surface area contributed by atoms with Gasteiger partial charge in [0.25, 0.3) is 0 Å². The van der Waals surface area contributed by atoms with Gasteiger partial charge in [-0.3, -0.25) is 4.79 Å². The Labute approximate surface area is 107 Å². The predicted molar refractivity (Wildman–Crippen MR) is 62.3 cm³/mol. The number of nitrogens with one attached hydrogen (secondary N) is 1. The van der Waals surface area contributed by atoms with E-state index >= 15 is 0 Å². The van der Waals surface area contributed by atoms with E-state index < -0.39 is 17.3 Å². The van der Waals surface area contributed by atoms with Crippen molar-refractivity contribution < 1.29 is 13.2 Å². The first kappa shape index (κ1) is 12.4. The first-order valence-electron chi connectivity index (χ1n) is 4.39. The first-order valence-corrected chi connectivity index (χ1v) is 5.56. The molecule has 90 valence electrons. The molecule has 17 heavy (non-hydrogen) atoms. The normalized spacial score (nSPS) is 12.1. The van der Waals surface area contributed by atoms with Crippen LogP contribution in [0.3, 0.4) is 0 Å². The van der Waals surface area contributed by atoms with Crippen LogP contribution in [-0.2, 0) is 6.18 Å². The van der Waals surface area contributed by atoms with E-state index in [1.54, 1.807) is 0 Å². The first-order chi connectivity index (χ1) is 7.80. The molecule has 0 aliphatic carbocycles. The molecule has 2 aromatic rings. The summed E-state index contributed by atoms with van der Waals surface area (Å²) in [7, 11) is 0. The number of hydrogen-bond acceptors (Lipinski definition) is 1. The molecular formula is C10H4BrClF3NO. The van der Waals surface area contributed by atoms with Gasteiger partial charge in [0.2, 0.25) is 0 Å². The Morgan fingerprint density at radius 1 is 1.29 bits per heavy atom. The quantitative estimate of drug-likeness (QED) is 0.781. The summed E-state index contributed by atoms with van der Waals surface area (Å²) in [6, 6.07) is 3.43. The molecule has 0 aliphatic rings. The fourth-order valence-electron chi connectivity index (χ4n) is 1.44. The lowest BCUT2D eigenvalue weighted by molar-refractivity contribution is -0.141. The molecule has 1 heterocycles. The standard InChI is InChI=1S/C10H4BrClF3NO/c11-4-1-2-5(12)9-8(4)6(17)3-7(16-9)10(13,14)15/h1-3H,(H,16,17). The van der Waals surface area contributed by atoms with E-state index in [0.717, 1.165) is 0 Å². The fourth-order valence-corrected chi connectivity index (χ4v) is 2.17. The Morgan fingerprint density at radius 3 is 2.53 bits per heavy atom. The van der Waals surface area contributed by atoms with Crippen molar-refractivity contribution in [2.24, 2.45) is 0 Å². The average Bonchev–Trinajstić information content (AvgIpc) is 2.21. The number of H-pyrrole nitrogens is 1. The number of alkyl halides is 3. The van der Waals surface area contributed by atoms with Crippen molar-refractivity contribution in [1.29, 1.82) is 0 Å². The number of fused-ring (bicyclic) bond motifs is 1. The van der Waals surface area contributed by atoms with Crippen molar-refractivity contribution in [3.63, 3.8) is 0 Å². The summed E-state index contributed by atoms with van der Waals surface area (Å²) in [6.07, 6.45) is -4.61. The second-order valence-electron chi connectivity index (χ2n) is 3.32. The number of pyridine rings is 1. The third-order valence-electron chi connectivity index (χ3n) is 2.19. The van der Waals surface area contributed by atoms with Gasteiger partial charge in [0.05, 0.1) is 15.9 Å². The number of halogens is 5. The van der Waals surface area contributed by atoms with Gasteiger partial charge >= 0.3 is 6.18 Å². The molecule has 0 radical (unpaired) electrons. The van der Waals surface area contributed by atoms with Crippen LogP contribution >= 0.6 is 27.5 Å². The van der Waals surface area contributed by atoms with Gasteiger partial charge in [0, 0.05) is 10.5 Å². The van der Waals surface area contributed by atoms with Gasteiger partial charge in [-0.25, -0.2) is 0 Å². The monoisotopic (exact) mass is 325 g/mol. The van der Waals surface area contributed by atoms with Crippen LogP contribution in [0.2, 0.25) is 5.02 Å². The Hall–Kier alpha value is -1.01. The average molecular weight is 326 g/mol. The summed E-state index contributed by atoms with van der Waals surface area (Å²) in [4.78, 5) is 13.7. The van der Waals surface area contributed by atoms with Crippen molar-refractivity contribution in [1.82, 2.24) is 4.98 Å². The van der Waals surface area contributed by atoms with Gasteiger partial charge in [-0.05, 0) is 28.1 Å². The van der Waals surface area contributed by atoms with E-state index in [4.69, 9.17) is 11.6 Å². The smallest absolute Gasteiger partial charge is 0.350 e. The summed E-state index contributed by atoms with van der Waals surface area (Å²) in [5.74, 6) is 0. The molecule has 0 atom stereocenters. The number of hydrogen-bond donors (Lipinski definition) is 1. The largest absolute Gasteiger partial charge is 0.431 e. The van der Waals surface area contributed by atoms with Crippen LogP contribution in [0.15, 0.2) is 27.5 Å². The van der Waals surface area contributed by atoms with E-state index in [-0.39, 0.29) is 15.9 Å². The predicted octanol–water partition coefficient (Wildman–Crippen LogP) is 3.96. The lowest BCUT2D eigenvalue weighted by Gasteiger charge is -2.09. The van der Waals surface area contributed by atoms with Crippen LogP contribution in [0.4, 0.5) is 13.2 Å². The van der Waals surface area contributed by atoms with E-state index in [1.165, 1.54) is 12.1 Å². The maximum absolute atomic E-state index is 12.5. The second kappa shape index (κ2) is 4.03. The van der Waals surface area contributed by atoms with Gasteiger partial charge < -0.3 is 4.98 Å². The number of aromatic amines is 1. The highest BCUT2D eigenvalue weighted by Gasteiger charge is 2.32. The van der Waals surface area contributed by atoms with Gasteiger partial charge in [0.15, 0.2) is 5.43 Å². The zero-order chi connectivity index (χ0) is 12.8. The van der Waals surface area contributed by atoms with Crippen molar-refractivity contribution in [2.75, 3.05) is 0 Å². The van der Waals surface area contributed by atoms with E-state index in [2.05, 4.69) is 20.9 Å². The summed E-state index contributed by atoms with van der Waals surface area (Å²) in [5, 5.41) is 0.164. The number of aromatic nitrogens is 1. The van der Waals surface area contributed by atoms with Crippen molar-refractivity contribution in [2.45, 2.75) is 6.18 Å². The Kier molecular flexibility index (Phi) is 2.95. The van der Waals surface area contributed by atoms with E-state index in [9.17, 15) is 18.0 Å². The highest BCUT2D eigenvalue weighted by Crippen LogP contribution is 2.31. The molecule has 1 N–H and O–H groups in total. The topological polar surface area (TPSA) is 32.9 Å². The minimum atomic E-state index is -4.61. The maximum atomic E-state index is 12.5. The molecule has 2 nitrogen and oxygen atoms in total. The minimum absolute atomic E-state index is 0.0270. The van der Waals surface area contributed by atoms with Crippen LogP contribution in [-0.4, -0.2) is 4.98 Å². The molecule has 1 aromatic carbocycles.